The van der Waals surface area contributed by atoms with Crippen molar-refractivity contribution < 1.29 is 108 Å². The normalized spacial score (nSPS) is 13.6. The van der Waals surface area contributed by atoms with E-state index in [1.165, 1.54) is 0 Å². The van der Waals surface area contributed by atoms with Crippen LogP contribution in [0.5, 0.6) is 0 Å². The van der Waals surface area contributed by atoms with Crippen LogP contribution in [-0.2, 0) is 73.2 Å². The van der Waals surface area contributed by atoms with Crippen molar-refractivity contribution in [2.45, 2.75) is 64.3 Å². The molecule has 0 heterocycles. The zero-order valence-corrected chi connectivity index (χ0v) is 20.9. The van der Waals surface area contributed by atoms with Crippen LogP contribution in [-0.4, -0.2) is 74.2 Å². The summed E-state index contributed by atoms with van der Waals surface area (Å²) in [4.78, 5) is 0. The van der Waals surface area contributed by atoms with E-state index in [0.717, 1.165) is 19.3 Å². The molecule has 0 aliphatic rings. The maximum absolute atomic E-state index is 9.42. The summed E-state index contributed by atoms with van der Waals surface area (Å²) in [6, 6.07) is 0. The average molecular weight is 587 g/mol. The van der Waals surface area contributed by atoms with Gasteiger partial charge in [-0.05, 0) is 26.2 Å². The van der Waals surface area contributed by atoms with Gasteiger partial charge in [-0.25, -0.2) is 0 Å². The molecular weight excluding hydrogens is 559 g/mol. The van der Waals surface area contributed by atoms with E-state index in [4.69, 9.17) is 40.2 Å². The third-order valence-corrected chi connectivity index (χ3v) is 2.05. The molecule has 12 nitrogen and oxygen atoms in total. The summed E-state index contributed by atoms with van der Waals surface area (Å²) in [7, 11) is -9.33. The van der Waals surface area contributed by atoms with E-state index < -0.39 is 39.1 Å². The van der Waals surface area contributed by atoms with Gasteiger partial charge in [-0.15, -0.1) is 0 Å². The van der Waals surface area contributed by atoms with E-state index in [1.54, 1.807) is 6.92 Å². The predicted octanol–water partition coefficient (Wildman–Crippen LogP) is -1.08. The molecule has 0 bridgehead atoms. The molecule has 0 aromatic rings. The van der Waals surface area contributed by atoms with Gasteiger partial charge in [-0.2, -0.15) is 16.8 Å². The number of hydrogen-bond acceptors (Lipinski definition) is 7. The molecule has 0 aromatic carbocycles. The van der Waals surface area contributed by atoms with Gasteiger partial charge >= 0.3 is 20.8 Å². The second-order valence-electron chi connectivity index (χ2n) is 4.67. The van der Waals surface area contributed by atoms with Gasteiger partial charge in [0, 0.05) is 52.4 Å². The van der Waals surface area contributed by atoms with Crippen molar-refractivity contribution in [3.8, 4) is 0 Å². The Morgan fingerprint density at radius 3 is 1.31 bits per heavy atom. The van der Waals surface area contributed by atoms with Crippen LogP contribution in [0.1, 0.15) is 46.0 Å². The van der Waals surface area contributed by atoms with Crippen molar-refractivity contribution >= 4 is 20.8 Å². The van der Waals surface area contributed by atoms with Crippen molar-refractivity contribution in [2.24, 2.45) is 0 Å². The summed E-state index contributed by atoms with van der Waals surface area (Å²) in [6.07, 6.45) is 2.03. The summed E-state index contributed by atoms with van der Waals surface area (Å²) < 4.78 is 63.2. The first-order valence-corrected chi connectivity index (χ1v) is 9.29. The van der Waals surface area contributed by atoms with Crippen molar-refractivity contribution in [3.63, 3.8) is 0 Å². The minimum atomic E-state index is -4.67. The Labute approximate surface area is 192 Å². The first-order chi connectivity index (χ1) is 10.1. The molecule has 0 aliphatic carbocycles. The van der Waals surface area contributed by atoms with Crippen LogP contribution in [0, 0.1) is 0 Å². The molecule has 9 N–H and O–H groups in total. The molecule has 160 valence electrons. The zero-order valence-electron chi connectivity index (χ0n) is 14.3. The molecule has 3 unspecified atom stereocenters. The molecular formula is C10H28O12S2Zr2. The van der Waals surface area contributed by atoms with E-state index >= 15 is 0 Å². The molecule has 0 aliphatic heterocycles. The van der Waals surface area contributed by atoms with Crippen LogP contribution in [0.4, 0.5) is 0 Å². The number of aliphatic hydroxyl groups is 3. The van der Waals surface area contributed by atoms with Gasteiger partial charge < -0.3 is 20.8 Å². The summed E-state index contributed by atoms with van der Waals surface area (Å²) in [6.45, 7) is 3.71. The SMILES string of the molecule is CCCCC(O)CC(O)CC(C)O.O.O=S(=O)(O)O.O=S(=O)(O)O.[Zr].[Zr]. The Morgan fingerprint density at radius 2 is 1.08 bits per heavy atom. The van der Waals surface area contributed by atoms with Gasteiger partial charge in [0.2, 0.25) is 0 Å². The fourth-order valence-corrected chi connectivity index (χ4v) is 1.36. The van der Waals surface area contributed by atoms with E-state index in [1.807, 2.05) is 0 Å². The summed E-state index contributed by atoms with van der Waals surface area (Å²) in [5, 5.41) is 27.8. The monoisotopic (exact) mass is 584 g/mol. The van der Waals surface area contributed by atoms with Crippen molar-refractivity contribution in [1.29, 1.82) is 0 Å². The van der Waals surface area contributed by atoms with Crippen LogP contribution in [0.2, 0.25) is 0 Å². The molecule has 0 aromatic heterocycles. The molecule has 0 fully saturated rings. The van der Waals surface area contributed by atoms with Gasteiger partial charge in [0.05, 0.1) is 18.3 Å². The molecule has 0 rings (SSSR count). The fourth-order valence-electron chi connectivity index (χ4n) is 1.36. The van der Waals surface area contributed by atoms with E-state index in [2.05, 4.69) is 6.92 Å². The van der Waals surface area contributed by atoms with Crippen LogP contribution in [0.25, 0.3) is 0 Å². The molecule has 0 radical (unpaired) electrons. The molecule has 3 atom stereocenters. The minimum Gasteiger partial charge on any atom is -0.412 e. The van der Waals surface area contributed by atoms with Gasteiger partial charge in [0.15, 0.2) is 0 Å². The quantitative estimate of drug-likeness (QED) is 0.177. The minimum absolute atomic E-state index is 0. The van der Waals surface area contributed by atoms with Crippen LogP contribution in [0.15, 0.2) is 0 Å². The summed E-state index contributed by atoms with van der Waals surface area (Å²) >= 11 is 0. The number of rotatable bonds is 7. The van der Waals surface area contributed by atoms with Gasteiger partial charge in [0.25, 0.3) is 0 Å². The van der Waals surface area contributed by atoms with Crippen LogP contribution in [0.3, 0.4) is 0 Å². The largest absolute Gasteiger partial charge is 0.412 e. The van der Waals surface area contributed by atoms with Gasteiger partial charge in [-0.1, -0.05) is 19.8 Å². The Hall–Kier alpha value is 1.35. The first kappa shape index (κ1) is 41.7. The second kappa shape index (κ2) is 22.6. The van der Waals surface area contributed by atoms with Crippen molar-refractivity contribution in [3.05, 3.63) is 0 Å². The third kappa shape index (κ3) is 84.3. The molecule has 16 heteroatoms. The topological polar surface area (TPSA) is 241 Å². The van der Waals surface area contributed by atoms with Gasteiger partial charge in [0.1, 0.15) is 0 Å². The summed E-state index contributed by atoms with van der Waals surface area (Å²) in [5.74, 6) is 0. The van der Waals surface area contributed by atoms with Crippen LogP contribution >= 0.6 is 0 Å². The standard InChI is InChI=1S/C10H22O3.2H2O4S.H2O.2Zr/c1-3-4-5-9(12)7-10(13)6-8(2)11;2*1-5(2,3)4;;;/h8-13H,3-7H2,1-2H3;2*(H2,1,2,3,4);1H2;;. The molecule has 0 amide bonds. The van der Waals surface area contributed by atoms with Crippen LogP contribution < -0.4 is 0 Å². The molecule has 0 saturated heterocycles. The predicted molar refractivity (Wildman–Crippen MR) is 84.4 cm³/mol. The van der Waals surface area contributed by atoms with E-state index in [9.17, 15) is 10.2 Å². The Bertz CT molecular complexity index is 422. The molecule has 0 spiro atoms. The maximum Gasteiger partial charge on any atom is 0.394 e. The fraction of sp³-hybridized carbons (Fsp3) is 1.00. The third-order valence-electron chi connectivity index (χ3n) is 2.05. The molecule has 0 saturated carbocycles. The smallest absolute Gasteiger partial charge is 0.394 e. The number of hydrogen-bond donors (Lipinski definition) is 7. The first-order valence-electron chi connectivity index (χ1n) is 6.50. The summed E-state index contributed by atoms with van der Waals surface area (Å²) in [5.41, 5.74) is 0. The number of aliphatic hydroxyl groups excluding tert-OH is 3. The van der Waals surface area contributed by atoms with Crippen molar-refractivity contribution in [1.82, 2.24) is 0 Å². The molecule has 26 heavy (non-hydrogen) atoms. The Kier molecular flexibility index (Phi) is 36.3. The van der Waals surface area contributed by atoms with Gasteiger partial charge in [-0.3, -0.25) is 18.2 Å². The number of unbranched alkanes of at least 4 members (excludes halogenated alkanes) is 1. The van der Waals surface area contributed by atoms with Crippen molar-refractivity contribution in [2.75, 3.05) is 0 Å². The van der Waals surface area contributed by atoms with E-state index in [0.29, 0.717) is 12.8 Å². The Morgan fingerprint density at radius 1 is 0.769 bits per heavy atom. The maximum atomic E-state index is 9.42. The van der Waals surface area contributed by atoms with E-state index in [-0.39, 0.29) is 57.9 Å². The average Bonchev–Trinajstić information content (AvgIpc) is 2.19. The second-order valence-corrected chi connectivity index (χ2v) is 6.46. The Balaban J connectivity index is -0.0000000652. The zero-order chi connectivity index (χ0) is 19.3.